The van der Waals surface area contributed by atoms with Gasteiger partial charge in [0.2, 0.25) is 0 Å². The average Bonchev–Trinajstić information content (AvgIpc) is 2.27. The van der Waals surface area contributed by atoms with Gasteiger partial charge in [-0.3, -0.25) is 0 Å². The van der Waals surface area contributed by atoms with E-state index in [0.717, 1.165) is 6.07 Å². The summed E-state index contributed by atoms with van der Waals surface area (Å²) in [7, 11) is 0. The summed E-state index contributed by atoms with van der Waals surface area (Å²) in [6, 6.07) is 4.98. The van der Waals surface area contributed by atoms with Gasteiger partial charge in [0.05, 0.1) is 18.6 Å². The van der Waals surface area contributed by atoms with E-state index in [4.69, 9.17) is 10.4 Å². The zero-order valence-electron chi connectivity index (χ0n) is 8.67. The summed E-state index contributed by atoms with van der Waals surface area (Å²) in [6.07, 6.45) is -3.45. The fourth-order valence-corrected chi connectivity index (χ4v) is 1.43. The molecule has 0 aliphatic rings. The largest absolute Gasteiger partial charge is 0.478 e. The molecular formula is C11H10FNO4. The smallest absolute Gasteiger partial charge is 0.339 e. The minimum absolute atomic E-state index is 0.250. The summed E-state index contributed by atoms with van der Waals surface area (Å²) in [5.74, 6) is -2.54. The first kappa shape index (κ1) is 13.1. The molecule has 2 atom stereocenters. The summed E-state index contributed by atoms with van der Waals surface area (Å²) >= 11 is 0. The average molecular weight is 239 g/mol. The molecule has 0 aromatic heterocycles. The summed E-state index contributed by atoms with van der Waals surface area (Å²) in [6.45, 7) is 0. The van der Waals surface area contributed by atoms with Crippen molar-refractivity contribution in [2.75, 3.05) is 0 Å². The fraction of sp³-hybridized carbons (Fsp3) is 0.273. The van der Waals surface area contributed by atoms with Gasteiger partial charge in [-0.1, -0.05) is 12.1 Å². The fourth-order valence-electron chi connectivity index (χ4n) is 1.43. The molecule has 0 aliphatic heterocycles. The van der Waals surface area contributed by atoms with E-state index >= 15 is 0 Å². The normalized spacial score (nSPS) is 13.8. The molecule has 0 aliphatic carbocycles. The van der Waals surface area contributed by atoms with E-state index < -0.39 is 29.6 Å². The Labute approximate surface area is 96.4 Å². The second-order valence-corrected chi connectivity index (χ2v) is 3.38. The Kier molecular flexibility index (Phi) is 4.15. The minimum Gasteiger partial charge on any atom is -0.478 e. The Balaban J connectivity index is 3.18. The SMILES string of the molecule is N#CCC(O)C(O)c1cccc(F)c1C(=O)O. The third-order valence-corrected chi connectivity index (χ3v) is 2.24. The third kappa shape index (κ3) is 2.78. The van der Waals surface area contributed by atoms with Crippen LogP contribution >= 0.6 is 0 Å². The molecule has 17 heavy (non-hydrogen) atoms. The quantitative estimate of drug-likeness (QED) is 0.722. The first-order valence-corrected chi connectivity index (χ1v) is 4.73. The second kappa shape index (κ2) is 5.39. The highest BCUT2D eigenvalue weighted by Crippen LogP contribution is 2.24. The van der Waals surface area contributed by atoms with Crippen LogP contribution < -0.4 is 0 Å². The number of hydrogen-bond donors (Lipinski definition) is 3. The molecule has 0 heterocycles. The number of hydrogen-bond acceptors (Lipinski definition) is 4. The Morgan fingerprint density at radius 3 is 2.65 bits per heavy atom. The number of aromatic carboxylic acids is 1. The van der Waals surface area contributed by atoms with E-state index in [1.54, 1.807) is 6.07 Å². The Bertz CT molecular complexity index is 469. The molecule has 1 rings (SSSR count). The van der Waals surface area contributed by atoms with Crippen molar-refractivity contribution in [2.45, 2.75) is 18.6 Å². The number of aliphatic hydroxyl groups excluding tert-OH is 2. The molecule has 0 spiro atoms. The second-order valence-electron chi connectivity index (χ2n) is 3.38. The van der Waals surface area contributed by atoms with Crippen LogP contribution in [0.25, 0.3) is 0 Å². The maximum Gasteiger partial charge on any atom is 0.339 e. The molecule has 90 valence electrons. The van der Waals surface area contributed by atoms with E-state index in [1.807, 2.05) is 0 Å². The van der Waals surface area contributed by atoms with Crippen LogP contribution in [0.4, 0.5) is 4.39 Å². The van der Waals surface area contributed by atoms with Crippen LogP contribution in [0.3, 0.4) is 0 Å². The van der Waals surface area contributed by atoms with Crippen molar-refractivity contribution in [2.24, 2.45) is 0 Å². The van der Waals surface area contributed by atoms with Crippen LogP contribution in [0.5, 0.6) is 0 Å². The predicted octanol–water partition coefficient (Wildman–Crippen LogP) is 0.832. The van der Waals surface area contributed by atoms with Gasteiger partial charge < -0.3 is 15.3 Å². The maximum absolute atomic E-state index is 13.3. The van der Waals surface area contributed by atoms with E-state index in [-0.39, 0.29) is 12.0 Å². The molecule has 6 heteroatoms. The minimum atomic E-state index is -1.61. The van der Waals surface area contributed by atoms with Gasteiger partial charge in [-0.05, 0) is 6.07 Å². The predicted molar refractivity (Wildman–Crippen MR) is 54.6 cm³/mol. The molecule has 5 nitrogen and oxygen atoms in total. The molecule has 1 aromatic rings. The van der Waals surface area contributed by atoms with Crippen molar-refractivity contribution in [1.82, 2.24) is 0 Å². The highest BCUT2D eigenvalue weighted by Gasteiger charge is 2.25. The van der Waals surface area contributed by atoms with Crippen LogP contribution in [-0.4, -0.2) is 27.4 Å². The first-order chi connectivity index (χ1) is 7.99. The van der Waals surface area contributed by atoms with E-state index in [2.05, 4.69) is 0 Å². The monoisotopic (exact) mass is 239 g/mol. The molecule has 0 radical (unpaired) electrons. The van der Waals surface area contributed by atoms with Gasteiger partial charge in [0.1, 0.15) is 17.5 Å². The third-order valence-electron chi connectivity index (χ3n) is 2.24. The zero-order valence-corrected chi connectivity index (χ0v) is 8.67. The van der Waals surface area contributed by atoms with E-state index in [1.165, 1.54) is 12.1 Å². The molecule has 0 bridgehead atoms. The van der Waals surface area contributed by atoms with Crippen molar-refractivity contribution in [3.8, 4) is 6.07 Å². The summed E-state index contributed by atoms with van der Waals surface area (Å²) < 4.78 is 13.3. The summed E-state index contributed by atoms with van der Waals surface area (Å²) in [5.41, 5.74) is -0.947. The Morgan fingerprint density at radius 2 is 2.12 bits per heavy atom. The lowest BCUT2D eigenvalue weighted by molar-refractivity contribution is 0.0203. The molecule has 0 amide bonds. The number of halogens is 1. The van der Waals surface area contributed by atoms with E-state index in [9.17, 15) is 19.4 Å². The summed E-state index contributed by atoms with van der Waals surface area (Å²) in [4.78, 5) is 10.8. The summed E-state index contributed by atoms with van der Waals surface area (Å²) in [5, 5.41) is 36.2. The van der Waals surface area contributed by atoms with Gasteiger partial charge in [0, 0.05) is 5.56 Å². The van der Waals surface area contributed by atoms with Crippen molar-refractivity contribution in [3.05, 3.63) is 35.1 Å². The Morgan fingerprint density at radius 1 is 1.47 bits per heavy atom. The van der Waals surface area contributed by atoms with Gasteiger partial charge in [-0.2, -0.15) is 5.26 Å². The highest BCUT2D eigenvalue weighted by molar-refractivity contribution is 5.89. The number of rotatable bonds is 4. The molecule has 1 aromatic carbocycles. The molecular weight excluding hydrogens is 229 g/mol. The van der Waals surface area contributed by atoms with Crippen LogP contribution in [0.2, 0.25) is 0 Å². The first-order valence-electron chi connectivity index (χ1n) is 4.73. The van der Waals surface area contributed by atoms with Crippen LogP contribution in [-0.2, 0) is 0 Å². The molecule has 0 fully saturated rings. The highest BCUT2D eigenvalue weighted by atomic mass is 19.1. The van der Waals surface area contributed by atoms with Crippen molar-refractivity contribution in [1.29, 1.82) is 5.26 Å². The molecule has 3 N–H and O–H groups in total. The lowest BCUT2D eigenvalue weighted by atomic mass is 9.97. The number of carbonyl (C=O) groups is 1. The van der Waals surface area contributed by atoms with Crippen LogP contribution in [0.1, 0.15) is 28.4 Å². The molecule has 2 unspecified atom stereocenters. The van der Waals surface area contributed by atoms with E-state index in [0.29, 0.717) is 0 Å². The van der Waals surface area contributed by atoms with Crippen LogP contribution in [0.15, 0.2) is 18.2 Å². The van der Waals surface area contributed by atoms with Crippen molar-refractivity contribution < 1.29 is 24.5 Å². The number of carboxylic acid groups (broad SMARTS) is 1. The topological polar surface area (TPSA) is 102 Å². The lowest BCUT2D eigenvalue weighted by Gasteiger charge is -2.17. The number of nitrogens with zero attached hydrogens (tertiary/aromatic N) is 1. The standard InChI is InChI=1S/C11H10FNO4/c12-7-3-1-2-6(9(7)11(16)17)10(15)8(14)4-5-13/h1-3,8,10,14-15H,4H2,(H,16,17). The van der Waals surface area contributed by atoms with Gasteiger partial charge >= 0.3 is 5.97 Å². The van der Waals surface area contributed by atoms with Gasteiger partial charge in [0.25, 0.3) is 0 Å². The Hall–Kier alpha value is -1.97. The number of carboxylic acids is 1. The number of aliphatic hydroxyl groups is 2. The molecule has 0 saturated heterocycles. The van der Waals surface area contributed by atoms with Crippen molar-refractivity contribution in [3.63, 3.8) is 0 Å². The van der Waals surface area contributed by atoms with Crippen molar-refractivity contribution >= 4 is 5.97 Å². The lowest BCUT2D eigenvalue weighted by Crippen LogP contribution is -2.20. The maximum atomic E-state index is 13.3. The van der Waals surface area contributed by atoms with Gasteiger partial charge in [-0.25, -0.2) is 9.18 Å². The van der Waals surface area contributed by atoms with Crippen LogP contribution in [0, 0.1) is 17.1 Å². The van der Waals surface area contributed by atoms with Gasteiger partial charge in [-0.15, -0.1) is 0 Å². The zero-order chi connectivity index (χ0) is 13.0. The van der Waals surface area contributed by atoms with Gasteiger partial charge in [0.15, 0.2) is 0 Å². The number of nitriles is 1. The number of benzene rings is 1. The molecule has 0 saturated carbocycles.